The summed E-state index contributed by atoms with van der Waals surface area (Å²) in [6.45, 7) is 2.17. The summed E-state index contributed by atoms with van der Waals surface area (Å²) in [4.78, 5) is 12.9. The molecule has 0 rings (SSSR count). The number of hydrogen-bond acceptors (Lipinski definition) is 1. The van der Waals surface area contributed by atoms with Gasteiger partial charge in [0.1, 0.15) is 5.38 Å². The molecule has 0 aliphatic heterocycles. The summed E-state index contributed by atoms with van der Waals surface area (Å²) in [5, 5.41) is -0.327. The zero-order valence-corrected chi connectivity index (χ0v) is 9.60. The fourth-order valence-corrected chi connectivity index (χ4v) is 1.50. The van der Waals surface area contributed by atoms with E-state index in [1.165, 1.54) is 19.3 Å². The van der Waals surface area contributed by atoms with Gasteiger partial charge in [0.15, 0.2) is 0 Å². The van der Waals surface area contributed by atoms with Crippen LogP contribution >= 0.6 is 11.6 Å². The first-order chi connectivity index (χ1) is 6.09. The van der Waals surface area contributed by atoms with Crippen LogP contribution in [-0.4, -0.2) is 30.3 Å². The molecule has 0 spiro atoms. The number of amides is 1. The molecule has 0 aliphatic rings. The molecule has 1 unspecified atom stereocenters. The van der Waals surface area contributed by atoms with Gasteiger partial charge in [0, 0.05) is 14.1 Å². The van der Waals surface area contributed by atoms with E-state index in [0.29, 0.717) is 0 Å². The van der Waals surface area contributed by atoms with E-state index in [4.69, 9.17) is 11.6 Å². The number of hydrogen-bond donors (Lipinski definition) is 0. The second kappa shape index (κ2) is 7.19. The second-order valence-electron chi connectivity index (χ2n) is 3.55. The lowest BCUT2D eigenvalue weighted by Crippen LogP contribution is -2.30. The Labute approximate surface area is 86.2 Å². The van der Waals surface area contributed by atoms with Crippen molar-refractivity contribution in [3.63, 3.8) is 0 Å². The summed E-state index contributed by atoms with van der Waals surface area (Å²) < 4.78 is 0. The van der Waals surface area contributed by atoms with E-state index in [1.807, 2.05) is 0 Å². The van der Waals surface area contributed by atoms with Gasteiger partial charge in [-0.25, -0.2) is 0 Å². The molecular weight excluding hydrogens is 186 g/mol. The number of halogens is 1. The molecule has 78 valence electrons. The first kappa shape index (κ1) is 12.8. The number of unbranched alkanes of at least 4 members (excludes halogenated alkanes) is 3. The SMILES string of the molecule is CCCCCCC(Cl)C(=O)N(C)C. The largest absolute Gasteiger partial charge is 0.348 e. The third-order valence-corrected chi connectivity index (χ3v) is 2.42. The third-order valence-electron chi connectivity index (χ3n) is 2.02. The fraction of sp³-hybridized carbons (Fsp3) is 0.900. The highest BCUT2D eigenvalue weighted by molar-refractivity contribution is 6.30. The molecule has 13 heavy (non-hydrogen) atoms. The molecule has 0 aliphatic carbocycles. The van der Waals surface area contributed by atoms with Crippen molar-refractivity contribution in [1.82, 2.24) is 4.90 Å². The van der Waals surface area contributed by atoms with Crippen LogP contribution in [0.3, 0.4) is 0 Å². The van der Waals surface area contributed by atoms with Gasteiger partial charge in [0.05, 0.1) is 0 Å². The van der Waals surface area contributed by atoms with Gasteiger partial charge in [-0.15, -0.1) is 11.6 Å². The van der Waals surface area contributed by atoms with Crippen LogP contribution in [0.4, 0.5) is 0 Å². The van der Waals surface area contributed by atoms with E-state index in [0.717, 1.165) is 12.8 Å². The molecule has 0 aromatic carbocycles. The molecule has 1 atom stereocenters. The highest BCUT2D eigenvalue weighted by atomic mass is 35.5. The van der Waals surface area contributed by atoms with Crippen molar-refractivity contribution in [2.45, 2.75) is 44.4 Å². The molecule has 0 aromatic rings. The molecule has 0 heterocycles. The van der Waals surface area contributed by atoms with Crippen LogP contribution in [0.5, 0.6) is 0 Å². The fourth-order valence-electron chi connectivity index (χ4n) is 1.15. The van der Waals surface area contributed by atoms with Crippen LogP contribution in [-0.2, 0) is 4.79 Å². The summed E-state index contributed by atoms with van der Waals surface area (Å²) in [6, 6.07) is 0. The van der Waals surface area contributed by atoms with E-state index < -0.39 is 0 Å². The monoisotopic (exact) mass is 205 g/mol. The number of carbonyl (C=O) groups excluding carboxylic acids is 1. The lowest BCUT2D eigenvalue weighted by Gasteiger charge is -2.14. The van der Waals surface area contributed by atoms with E-state index in [1.54, 1.807) is 19.0 Å². The minimum absolute atomic E-state index is 0.0261. The quantitative estimate of drug-likeness (QED) is 0.482. The minimum Gasteiger partial charge on any atom is -0.348 e. The van der Waals surface area contributed by atoms with Gasteiger partial charge in [-0.3, -0.25) is 4.79 Å². The van der Waals surface area contributed by atoms with Gasteiger partial charge < -0.3 is 4.90 Å². The van der Waals surface area contributed by atoms with Gasteiger partial charge in [-0.2, -0.15) is 0 Å². The maximum Gasteiger partial charge on any atom is 0.240 e. The second-order valence-corrected chi connectivity index (χ2v) is 4.08. The Morgan fingerprint density at radius 2 is 1.92 bits per heavy atom. The molecule has 2 nitrogen and oxygen atoms in total. The van der Waals surface area contributed by atoms with Crippen LogP contribution in [0, 0.1) is 0 Å². The van der Waals surface area contributed by atoms with Crippen molar-refractivity contribution in [3.8, 4) is 0 Å². The molecule has 0 N–H and O–H groups in total. The Bertz CT molecular complexity index is 148. The molecule has 0 radical (unpaired) electrons. The molecule has 0 fully saturated rings. The summed E-state index contributed by atoms with van der Waals surface area (Å²) in [7, 11) is 3.48. The summed E-state index contributed by atoms with van der Waals surface area (Å²) in [5.74, 6) is 0.0261. The maximum absolute atomic E-state index is 11.3. The Morgan fingerprint density at radius 1 is 1.31 bits per heavy atom. The maximum atomic E-state index is 11.3. The average molecular weight is 206 g/mol. The number of rotatable bonds is 6. The first-order valence-electron chi connectivity index (χ1n) is 4.94. The van der Waals surface area contributed by atoms with E-state index in [2.05, 4.69) is 6.92 Å². The molecule has 1 amide bonds. The van der Waals surface area contributed by atoms with E-state index >= 15 is 0 Å². The number of alkyl halides is 1. The van der Waals surface area contributed by atoms with Crippen molar-refractivity contribution < 1.29 is 4.79 Å². The normalized spacial score (nSPS) is 12.6. The zero-order valence-electron chi connectivity index (χ0n) is 8.85. The minimum atomic E-state index is -0.327. The molecule has 3 heteroatoms. The standard InChI is InChI=1S/C10H20ClNO/c1-4-5-6-7-8-9(11)10(13)12(2)3/h9H,4-8H2,1-3H3. The van der Waals surface area contributed by atoms with Crippen molar-refractivity contribution >= 4 is 17.5 Å². The van der Waals surface area contributed by atoms with E-state index in [9.17, 15) is 4.79 Å². The van der Waals surface area contributed by atoms with Crippen molar-refractivity contribution in [2.75, 3.05) is 14.1 Å². The highest BCUT2D eigenvalue weighted by Gasteiger charge is 2.15. The van der Waals surface area contributed by atoms with Gasteiger partial charge >= 0.3 is 0 Å². The van der Waals surface area contributed by atoms with E-state index in [-0.39, 0.29) is 11.3 Å². The van der Waals surface area contributed by atoms with Gasteiger partial charge in [-0.1, -0.05) is 32.6 Å². The van der Waals surface area contributed by atoms with Gasteiger partial charge in [0.25, 0.3) is 0 Å². The predicted molar refractivity (Wildman–Crippen MR) is 57.1 cm³/mol. The molecule has 0 saturated heterocycles. The van der Waals surface area contributed by atoms with Crippen LogP contribution in [0.25, 0.3) is 0 Å². The molecule has 0 saturated carbocycles. The average Bonchev–Trinajstić information content (AvgIpc) is 2.10. The van der Waals surface area contributed by atoms with Crippen molar-refractivity contribution in [2.24, 2.45) is 0 Å². The Hall–Kier alpha value is -0.240. The summed E-state index contributed by atoms with van der Waals surface area (Å²) >= 11 is 5.91. The third kappa shape index (κ3) is 5.92. The van der Waals surface area contributed by atoms with Crippen molar-refractivity contribution in [1.29, 1.82) is 0 Å². The van der Waals surface area contributed by atoms with Gasteiger partial charge in [0.2, 0.25) is 5.91 Å². The smallest absolute Gasteiger partial charge is 0.240 e. The first-order valence-corrected chi connectivity index (χ1v) is 5.38. The topological polar surface area (TPSA) is 20.3 Å². The Kier molecular flexibility index (Phi) is 7.06. The van der Waals surface area contributed by atoms with Crippen molar-refractivity contribution in [3.05, 3.63) is 0 Å². The Morgan fingerprint density at radius 3 is 2.38 bits per heavy atom. The lowest BCUT2D eigenvalue weighted by molar-refractivity contribution is -0.128. The Balaban J connectivity index is 3.50. The lowest BCUT2D eigenvalue weighted by atomic mass is 10.1. The highest BCUT2D eigenvalue weighted by Crippen LogP contribution is 2.11. The van der Waals surface area contributed by atoms with Crippen LogP contribution < -0.4 is 0 Å². The number of carbonyl (C=O) groups is 1. The molecule has 0 aromatic heterocycles. The predicted octanol–water partition coefficient (Wildman–Crippen LogP) is 2.65. The van der Waals surface area contributed by atoms with Crippen LogP contribution in [0.15, 0.2) is 0 Å². The zero-order chi connectivity index (χ0) is 10.3. The summed E-state index contributed by atoms with van der Waals surface area (Å²) in [5.41, 5.74) is 0. The molecule has 0 bridgehead atoms. The molecular formula is C10H20ClNO. The van der Waals surface area contributed by atoms with Crippen LogP contribution in [0.2, 0.25) is 0 Å². The van der Waals surface area contributed by atoms with Gasteiger partial charge in [-0.05, 0) is 6.42 Å². The van der Waals surface area contributed by atoms with Crippen LogP contribution in [0.1, 0.15) is 39.0 Å². The summed E-state index contributed by atoms with van der Waals surface area (Å²) in [6.07, 6.45) is 5.49. The number of nitrogens with zero attached hydrogens (tertiary/aromatic N) is 1.